The predicted molar refractivity (Wildman–Crippen MR) is 36.8 cm³/mol. The molecule has 0 radical (unpaired) electrons. The fourth-order valence-electron chi connectivity index (χ4n) is 1.33. The molecule has 1 aliphatic carbocycles. The van der Waals surface area contributed by atoms with Gasteiger partial charge in [0.05, 0.1) is 6.07 Å². The lowest BCUT2D eigenvalue weighted by Gasteiger charge is -1.92. The summed E-state index contributed by atoms with van der Waals surface area (Å²) in [6, 6.07) is 2.24. The van der Waals surface area contributed by atoms with E-state index in [1.54, 1.807) is 0 Å². The van der Waals surface area contributed by atoms with Crippen molar-refractivity contribution in [3.05, 3.63) is 11.1 Å². The van der Waals surface area contributed by atoms with E-state index >= 15 is 0 Å². The predicted octanol–water partition coefficient (Wildman–Crippen LogP) is 2.40. The molecule has 1 heteroatoms. The van der Waals surface area contributed by atoms with Gasteiger partial charge in [0.25, 0.3) is 0 Å². The Hall–Kier alpha value is -0.770. The van der Waals surface area contributed by atoms with Crippen LogP contribution in [0.1, 0.15) is 32.6 Å². The largest absolute Gasteiger partial charge is 0.193 e. The molecular formula is C8H11N. The lowest BCUT2D eigenvalue weighted by molar-refractivity contribution is 0.877. The van der Waals surface area contributed by atoms with Crippen LogP contribution in [0, 0.1) is 11.3 Å². The third-order valence-corrected chi connectivity index (χ3v) is 1.89. The van der Waals surface area contributed by atoms with Crippen LogP contribution >= 0.6 is 0 Å². The smallest absolute Gasteiger partial charge is 0.0946 e. The van der Waals surface area contributed by atoms with E-state index < -0.39 is 0 Å². The molecule has 1 aliphatic rings. The fraction of sp³-hybridized carbons (Fsp3) is 0.625. The van der Waals surface area contributed by atoms with Crippen molar-refractivity contribution in [3.63, 3.8) is 0 Å². The number of rotatable bonds is 1. The fourth-order valence-corrected chi connectivity index (χ4v) is 1.33. The lowest BCUT2D eigenvalue weighted by Crippen LogP contribution is -1.76. The molecule has 0 heterocycles. The third kappa shape index (κ3) is 1.13. The Morgan fingerprint density at radius 2 is 2.33 bits per heavy atom. The SMILES string of the molecule is CCC1=C(C#N)CCC1. The van der Waals surface area contributed by atoms with Gasteiger partial charge in [-0.2, -0.15) is 5.26 Å². The monoisotopic (exact) mass is 121 g/mol. The first kappa shape index (κ1) is 6.35. The van der Waals surface area contributed by atoms with Crippen molar-refractivity contribution in [2.24, 2.45) is 0 Å². The molecule has 0 spiro atoms. The highest BCUT2D eigenvalue weighted by Gasteiger charge is 2.10. The second-order valence-electron chi connectivity index (χ2n) is 2.40. The number of hydrogen-bond donors (Lipinski definition) is 0. The van der Waals surface area contributed by atoms with Crippen LogP contribution in [0.4, 0.5) is 0 Å². The summed E-state index contributed by atoms with van der Waals surface area (Å²) < 4.78 is 0. The van der Waals surface area contributed by atoms with Gasteiger partial charge in [0, 0.05) is 5.57 Å². The first-order valence-corrected chi connectivity index (χ1v) is 3.49. The molecule has 0 fully saturated rings. The van der Waals surface area contributed by atoms with Crippen LogP contribution in [-0.2, 0) is 0 Å². The average Bonchev–Trinajstić information content (AvgIpc) is 2.33. The Labute approximate surface area is 56.0 Å². The maximum Gasteiger partial charge on any atom is 0.0946 e. The number of allylic oxidation sites excluding steroid dienone is 2. The summed E-state index contributed by atoms with van der Waals surface area (Å²) in [5.41, 5.74) is 2.44. The Bertz CT molecular complexity index is 171. The Balaban J connectivity index is 2.73. The van der Waals surface area contributed by atoms with E-state index in [2.05, 4.69) is 13.0 Å². The van der Waals surface area contributed by atoms with Gasteiger partial charge in [-0.3, -0.25) is 0 Å². The standard InChI is InChI=1S/C8H11N/c1-2-7-4-3-5-8(7)6-9/h2-5H2,1H3. The molecule has 0 atom stereocenters. The zero-order chi connectivity index (χ0) is 6.69. The molecule has 1 rings (SSSR count). The Morgan fingerprint density at radius 1 is 1.56 bits per heavy atom. The molecule has 9 heavy (non-hydrogen) atoms. The maximum atomic E-state index is 8.56. The average molecular weight is 121 g/mol. The van der Waals surface area contributed by atoms with Crippen molar-refractivity contribution in [2.45, 2.75) is 32.6 Å². The normalized spacial score (nSPS) is 18.2. The summed E-state index contributed by atoms with van der Waals surface area (Å²) in [7, 11) is 0. The Morgan fingerprint density at radius 3 is 2.78 bits per heavy atom. The molecule has 0 aromatic rings. The van der Waals surface area contributed by atoms with E-state index in [1.807, 2.05) is 0 Å². The molecule has 0 aromatic heterocycles. The lowest BCUT2D eigenvalue weighted by atomic mass is 10.1. The molecule has 0 aliphatic heterocycles. The molecule has 0 amide bonds. The Kier molecular flexibility index (Phi) is 1.89. The quantitative estimate of drug-likeness (QED) is 0.522. The van der Waals surface area contributed by atoms with Gasteiger partial charge in [-0.25, -0.2) is 0 Å². The number of nitrogens with zero attached hydrogens (tertiary/aromatic N) is 1. The molecule has 0 aromatic carbocycles. The van der Waals surface area contributed by atoms with Gasteiger partial charge in [0.1, 0.15) is 0 Å². The van der Waals surface area contributed by atoms with Crippen LogP contribution in [0.3, 0.4) is 0 Å². The second kappa shape index (κ2) is 2.68. The van der Waals surface area contributed by atoms with Crippen molar-refractivity contribution in [3.8, 4) is 6.07 Å². The minimum Gasteiger partial charge on any atom is -0.193 e. The van der Waals surface area contributed by atoms with E-state index in [4.69, 9.17) is 5.26 Å². The van der Waals surface area contributed by atoms with Crippen molar-refractivity contribution in [1.29, 1.82) is 5.26 Å². The van der Waals surface area contributed by atoms with Gasteiger partial charge >= 0.3 is 0 Å². The van der Waals surface area contributed by atoms with Crippen molar-refractivity contribution < 1.29 is 0 Å². The molecule has 0 N–H and O–H groups in total. The summed E-state index contributed by atoms with van der Waals surface area (Å²) >= 11 is 0. The van der Waals surface area contributed by atoms with E-state index in [-0.39, 0.29) is 0 Å². The van der Waals surface area contributed by atoms with Gasteiger partial charge in [-0.1, -0.05) is 12.5 Å². The molecule has 0 saturated heterocycles. The van der Waals surface area contributed by atoms with Crippen LogP contribution < -0.4 is 0 Å². The minimum atomic E-state index is 1.03. The highest BCUT2D eigenvalue weighted by molar-refractivity contribution is 5.31. The van der Waals surface area contributed by atoms with Crippen LogP contribution in [0.25, 0.3) is 0 Å². The van der Waals surface area contributed by atoms with E-state index in [9.17, 15) is 0 Å². The van der Waals surface area contributed by atoms with Gasteiger partial charge in [-0.05, 0) is 25.7 Å². The third-order valence-electron chi connectivity index (χ3n) is 1.89. The van der Waals surface area contributed by atoms with Crippen molar-refractivity contribution in [1.82, 2.24) is 0 Å². The van der Waals surface area contributed by atoms with E-state index in [0.717, 1.165) is 18.4 Å². The van der Waals surface area contributed by atoms with Gasteiger partial charge < -0.3 is 0 Å². The molecule has 0 bridgehead atoms. The number of nitriles is 1. The minimum absolute atomic E-state index is 1.03. The van der Waals surface area contributed by atoms with Crippen molar-refractivity contribution in [2.75, 3.05) is 0 Å². The molecule has 0 unspecified atom stereocenters. The highest BCUT2D eigenvalue weighted by atomic mass is 14.3. The summed E-state index contributed by atoms with van der Waals surface area (Å²) in [5.74, 6) is 0. The zero-order valence-corrected chi connectivity index (χ0v) is 5.78. The summed E-state index contributed by atoms with van der Waals surface area (Å²) in [6.07, 6.45) is 4.47. The maximum absolute atomic E-state index is 8.56. The van der Waals surface area contributed by atoms with Gasteiger partial charge in [0.15, 0.2) is 0 Å². The summed E-state index contributed by atoms with van der Waals surface area (Å²) in [6.45, 7) is 2.12. The van der Waals surface area contributed by atoms with Crippen LogP contribution in [0.15, 0.2) is 11.1 Å². The van der Waals surface area contributed by atoms with E-state index in [1.165, 1.54) is 18.4 Å². The molecule has 1 nitrogen and oxygen atoms in total. The van der Waals surface area contributed by atoms with Crippen molar-refractivity contribution >= 4 is 0 Å². The zero-order valence-electron chi connectivity index (χ0n) is 5.78. The van der Waals surface area contributed by atoms with Gasteiger partial charge in [-0.15, -0.1) is 0 Å². The first-order chi connectivity index (χ1) is 4.38. The van der Waals surface area contributed by atoms with Crippen LogP contribution in [0.5, 0.6) is 0 Å². The number of hydrogen-bond acceptors (Lipinski definition) is 1. The molecular weight excluding hydrogens is 110 g/mol. The topological polar surface area (TPSA) is 23.8 Å². The summed E-state index contributed by atoms with van der Waals surface area (Å²) in [4.78, 5) is 0. The first-order valence-electron chi connectivity index (χ1n) is 3.49. The molecule has 0 saturated carbocycles. The second-order valence-corrected chi connectivity index (χ2v) is 2.40. The summed E-state index contributed by atoms with van der Waals surface area (Å²) in [5, 5.41) is 8.56. The van der Waals surface area contributed by atoms with Crippen LogP contribution in [-0.4, -0.2) is 0 Å². The molecule has 48 valence electrons. The van der Waals surface area contributed by atoms with Gasteiger partial charge in [0.2, 0.25) is 0 Å². The highest BCUT2D eigenvalue weighted by Crippen LogP contribution is 2.26. The van der Waals surface area contributed by atoms with E-state index in [0.29, 0.717) is 0 Å². The van der Waals surface area contributed by atoms with Crippen LogP contribution in [0.2, 0.25) is 0 Å².